The van der Waals surface area contributed by atoms with Crippen LogP contribution in [0.1, 0.15) is 6.92 Å². The molecule has 0 atom stereocenters. The molecular formula is C20H22ClN3O. The number of hydrogen-bond acceptors (Lipinski definition) is 4. The quantitative estimate of drug-likeness (QED) is 0.658. The minimum Gasteiger partial charge on any atom is -0.497 e. The maximum atomic E-state index is 6.21. The molecule has 0 N–H and O–H groups in total. The third kappa shape index (κ3) is 3.00. The van der Waals surface area contributed by atoms with Crippen molar-refractivity contribution in [2.24, 2.45) is 0 Å². The van der Waals surface area contributed by atoms with Gasteiger partial charge in [0, 0.05) is 42.0 Å². The number of ether oxygens (including phenoxy) is 1. The molecule has 2 heterocycles. The van der Waals surface area contributed by atoms with Gasteiger partial charge in [-0.25, -0.2) is 4.98 Å². The zero-order chi connectivity index (χ0) is 17.4. The Balaban J connectivity index is 1.93. The summed E-state index contributed by atoms with van der Waals surface area (Å²) < 4.78 is 5.45. The monoisotopic (exact) mass is 355 g/mol. The number of fused-ring (bicyclic) bond motifs is 2. The van der Waals surface area contributed by atoms with Crippen molar-refractivity contribution in [3.05, 3.63) is 41.4 Å². The van der Waals surface area contributed by atoms with Gasteiger partial charge in [0.25, 0.3) is 0 Å². The van der Waals surface area contributed by atoms with E-state index in [1.165, 1.54) is 5.69 Å². The molecule has 25 heavy (non-hydrogen) atoms. The lowest BCUT2D eigenvalue weighted by molar-refractivity contribution is 0.271. The topological polar surface area (TPSA) is 28.6 Å². The van der Waals surface area contributed by atoms with E-state index in [2.05, 4.69) is 28.9 Å². The standard InChI is InChI=1S/C20H22ClN3O/c1-3-23-8-10-24(11-9-23)20-16-6-4-14(21)12-19(16)22-18-7-5-15(25-2)13-17(18)20/h4-7,12-13H,3,8-11H2,1-2H3. The second kappa shape index (κ2) is 6.70. The molecule has 2 aromatic carbocycles. The van der Waals surface area contributed by atoms with Crippen molar-refractivity contribution in [2.45, 2.75) is 6.92 Å². The zero-order valence-electron chi connectivity index (χ0n) is 14.6. The van der Waals surface area contributed by atoms with Crippen LogP contribution in [0.15, 0.2) is 36.4 Å². The highest BCUT2D eigenvalue weighted by Gasteiger charge is 2.21. The Morgan fingerprint density at radius 1 is 1.00 bits per heavy atom. The summed E-state index contributed by atoms with van der Waals surface area (Å²) in [5.74, 6) is 0.857. The van der Waals surface area contributed by atoms with Gasteiger partial charge in [0.2, 0.25) is 0 Å². The van der Waals surface area contributed by atoms with E-state index < -0.39 is 0 Å². The lowest BCUT2D eigenvalue weighted by Gasteiger charge is -2.36. The Morgan fingerprint density at radius 3 is 2.52 bits per heavy atom. The van der Waals surface area contributed by atoms with E-state index in [1.54, 1.807) is 7.11 Å². The fourth-order valence-corrected chi connectivity index (χ4v) is 3.80. The van der Waals surface area contributed by atoms with E-state index in [1.807, 2.05) is 24.3 Å². The Bertz CT molecular complexity index is 920. The van der Waals surface area contributed by atoms with E-state index in [0.717, 1.165) is 65.3 Å². The van der Waals surface area contributed by atoms with Crippen molar-refractivity contribution in [3.8, 4) is 5.75 Å². The molecule has 0 saturated carbocycles. The van der Waals surface area contributed by atoms with Crippen molar-refractivity contribution in [1.82, 2.24) is 9.88 Å². The summed E-state index contributed by atoms with van der Waals surface area (Å²) in [6, 6.07) is 12.1. The Hall–Kier alpha value is -2.04. The number of piperazine rings is 1. The van der Waals surface area contributed by atoms with E-state index >= 15 is 0 Å². The lowest BCUT2D eigenvalue weighted by atomic mass is 10.1. The summed E-state index contributed by atoms with van der Waals surface area (Å²) in [5.41, 5.74) is 3.16. The highest BCUT2D eigenvalue weighted by molar-refractivity contribution is 6.31. The van der Waals surface area contributed by atoms with Gasteiger partial charge in [-0.05, 0) is 42.9 Å². The van der Waals surface area contributed by atoms with E-state index in [4.69, 9.17) is 21.3 Å². The molecule has 1 fully saturated rings. The van der Waals surface area contributed by atoms with Gasteiger partial charge < -0.3 is 14.5 Å². The summed E-state index contributed by atoms with van der Waals surface area (Å²) >= 11 is 6.21. The first kappa shape index (κ1) is 16.4. The fourth-order valence-electron chi connectivity index (χ4n) is 3.63. The third-order valence-electron chi connectivity index (χ3n) is 5.05. The molecule has 0 spiro atoms. The van der Waals surface area contributed by atoms with Gasteiger partial charge in [0.05, 0.1) is 23.8 Å². The lowest BCUT2D eigenvalue weighted by Crippen LogP contribution is -2.46. The Kier molecular flexibility index (Phi) is 4.40. The van der Waals surface area contributed by atoms with Gasteiger partial charge in [-0.15, -0.1) is 0 Å². The van der Waals surface area contributed by atoms with Crippen LogP contribution in [0.3, 0.4) is 0 Å². The van der Waals surface area contributed by atoms with E-state index in [9.17, 15) is 0 Å². The summed E-state index contributed by atoms with van der Waals surface area (Å²) in [6.07, 6.45) is 0. The molecule has 0 unspecified atom stereocenters. The molecule has 1 aromatic heterocycles. The zero-order valence-corrected chi connectivity index (χ0v) is 15.4. The fraction of sp³-hybridized carbons (Fsp3) is 0.350. The summed E-state index contributed by atoms with van der Waals surface area (Å²) in [7, 11) is 1.70. The number of anilines is 1. The van der Waals surface area contributed by atoms with Crippen molar-refractivity contribution in [2.75, 3.05) is 44.7 Å². The van der Waals surface area contributed by atoms with E-state index in [0.29, 0.717) is 0 Å². The minimum atomic E-state index is 0.717. The van der Waals surface area contributed by atoms with Gasteiger partial charge in [-0.1, -0.05) is 18.5 Å². The SMILES string of the molecule is CCN1CCN(c2c3ccc(Cl)cc3nc3ccc(OC)cc23)CC1. The van der Waals surface area contributed by atoms with Gasteiger partial charge >= 0.3 is 0 Å². The highest BCUT2D eigenvalue weighted by Crippen LogP contribution is 2.37. The van der Waals surface area contributed by atoms with Gasteiger partial charge in [0.15, 0.2) is 0 Å². The number of hydrogen-bond donors (Lipinski definition) is 0. The Morgan fingerprint density at radius 2 is 1.80 bits per heavy atom. The van der Waals surface area contributed by atoms with Crippen molar-refractivity contribution < 1.29 is 4.74 Å². The van der Waals surface area contributed by atoms with Crippen molar-refractivity contribution in [3.63, 3.8) is 0 Å². The van der Waals surface area contributed by atoms with Crippen LogP contribution in [0.5, 0.6) is 5.75 Å². The number of likely N-dealkylation sites (N-methyl/N-ethyl adjacent to an activating group) is 1. The number of nitrogens with zero attached hydrogens (tertiary/aromatic N) is 3. The second-order valence-corrected chi connectivity index (χ2v) is 6.86. The third-order valence-corrected chi connectivity index (χ3v) is 5.29. The highest BCUT2D eigenvalue weighted by atomic mass is 35.5. The molecule has 1 saturated heterocycles. The van der Waals surface area contributed by atoms with Crippen LogP contribution in [0.2, 0.25) is 5.02 Å². The van der Waals surface area contributed by atoms with Crippen LogP contribution >= 0.6 is 11.6 Å². The molecular weight excluding hydrogens is 334 g/mol. The van der Waals surface area contributed by atoms with Crippen LogP contribution in [0.4, 0.5) is 5.69 Å². The average Bonchev–Trinajstić information content (AvgIpc) is 2.65. The molecule has 0 bridgehead atoms. The summed E-state index contributed by atoms with van der Waals surface area (Å²) in [5, 5.41) is 3.00. The number of aromatic nitrogens is 1. The largest absolute Gasteiger partial charge is 0.497 e. The number of methoxy groups -OCH3 is 1. The molecule has 4 rings (SSSR count). The number of benzene rings is 2. The molecule has 130 valence electrons. The molecule has 4 nitrogen and oxygen atoms in total. The summed E-state index contributed by atoms with van der Waals surface area (Å²) in [4.78, 5) is 9.79. The predicted molar refractivity (Wildman–Crippen MR) is 105 cm³/mol. The molecule has 0 amide bonds. The van der Waals surface area contributed by atoms with Gasteiger partial charge in [0.1, 0.15) is 5.75 Å². The molecule has 1 aliphatic rings. The van der Waals surface area contributed by atoms with Crippen LogP contribution in [0.25, 0.3) is 21.8 Å². The first-order chi connectivity index (χ1) is 12.2. The first-order valence-corrected chi connectivity index (χ1v) is 9.11. The van der Waals surface area contributed by atoms with Crippen molar-refractivity contribution in [1.29, 1.82) is 0 Å². The van der Waals surface area contributed by atoms with Crippen LogP contribution in [-0.2, 0) is 0 Å². The summed E-state index contributed by atoms with van der Waals surface area (Å²) in [6.45, 7) is 7.53. The maximum Gasteiger partial charge on any atom is 0.119 e. The molecule has 0 aliphatic carbocycles. The van der Waals surface area contributed by atoms with Crippen LogP contribution in [-0.4, -0.2) is 49.7 Å². The maximum absolute atomic E-state index is 6.21. The van der Waals surface area contributed by atoms with Gasteiger partial charge in [-0.2, -0.15) is 0 Å². The normalized spacial score (nSPS) is 15.9. The Labute approximate surface area is 152 Å². The number of halogens is 1. The number of pyridine rings is 1. The van der Waals surface area contributed by atoms with E-state index in [-0.39, 0.29) is 0 Å². The predicted octanol–water partition coefficient (Wildman–Crippen LogP) is 4.19. The molecule has 3 aromatic rings. The first-order valence-electron chi connectivity index (χ1n) is 8.74. The molecule has 1 aliphatic heterocycles. The van der Waals surface area contributed by atoms with Crippen LogP contribution in [0, 0.1) is 0 Å². The van der Waals surface area contributed by atoms with Gasteiger partial charge in [-0.3, -0.25) is 0 Å². The second-order valence-electron chi connectivity index (χ2n) is 6.43. The average molecular weight is 356 g/mol. The molecule has 5 heteroatoms. The van der Waals surface area contributed by atoms with Crippen molar-refractivity contribution >= 4 is 39.1 Å². The molecule has 0 radical (unpaired) electrons. The number of rotatable bonds is 3. The van der Waals surface area contributed by atoms with Crippen LogP contribution < -0.4 is 9.64 Å². The minimum absolute atomic E-state index is 0.717. The smallest absolute Gasteiger partial charge is 0.119 e.